The Morgan fingerprint density at radius 1 is 1.21 bits per heavy atom. The monoisotopic (exact) mass is 412 g/mol. The fourth-order valence-corrected chi connectivity index (χ4v) is 5.08. The van der Waals surface area contributed by atoms with Crippen molar-refractivity contribution < 1.29 is 19.2 Å². The average molecular weight is 412 g/mol. The lowest BCUT2D eigenvalue weighted by Crippen LogP contribution is -3.15. The number of quaternary nitrogens is 1. The molecule has 5 rings (SSSR count). The van der Waals surface area contributed by atoms with E-state index in [0.717, 1.165) is 42.6 Å². The van der Waals surface area contributed by atoms with E-state index in [4.69, 9.17) is 9.15 Å². The third-order valence-electron chi connectivity index (χ3n) is 5.48. The van der Waals surface area contributed by atoms with E-state index < -0.39 is 0 Å². The minimum absolute atomic E-state index is 0.0866. The summed E-state index contributed by atoms with van der Waals surface area (Å²) in [6.07, 6.45) is 3.14. The quantitative estimate of drug-likeness (QED) is 0.518. The van der Waals surface area contributed by atoms with Crippen LogP contribution in [0.4, 0.5) is 5.69 Å². The number of ether oxygens (including phenoxy) is 1. The highest BCUT2D eigenvalue weighted by Gasteiger charge is 2.36. The minimum Gasteiger partial charge on any atom is -0.497 e. The van der Waals surface area contributed by atoms with Crippen LogP contribution < -0.4 is 14.5 Å². The Bertz CT molecular complexity index is 1080. The SMILES string of the molecule is COc1ccc(N2CC[NH+]([C@H](c3ccco3)c3sc4ncnn4c3O)CC2)cc1. The molecule has 150 valence electrons. The van der Waals surface area contributed by atoms with E-state index in [2.05, 4.69) is 27.1 Å². The zero-order valence-corrected chi connectivity index (χ0v) is 16.8. The Kier molecular flexibility index (Phi) is 4.61. The molecule has 0 saturated carbocycles. The largest absolute Gasteiger partial charge is 0.497 e. The standard InChI is InChI=1S/C20H21N5O3S/c1-27-15-6-4-14(5-7-15)23-8-10-24(11-9-23)17(16-3-2-12-28-16)18-19(26)25-20(29-18)21-13-22-25/h2-7,12-13,17,26H,8-11H2,1H3/p+1/t17-/m1/s1. The van der Waals surface area contributed by atoms with Crippen LogP contribution in [-0.4, -0.2) is 53.0 Å². The topological polar surface area (TPSA) is 80.5 Å². The van der Waals surface area contributed by atoms with Crippen LogP contribution >= 0.6 is 11.3 Å². The summed E-state index contributed by atoms with van der Waals surface area (Å²) in [6, 6.07) is 12.0. The zero-order chi connectivity index (χ0) is 19.8. The van der Waals surface area contributed by atoms with Gasteiger partial charge in [-0.1, -0.05) is 11.3 Å². The molecule has 3 aromatic heterocycles. The number of fused-ring (bicyclic) bond motifs is 1. The van der Waals surface area contributed by atoms with Gasteiger partial charge in [0.25, 0.3) is 0 Å². The van der Waals surface area contributed by atoms with Gasteiger partial charge in [0.15, 0.2) is 11.8 Å². The van der Waals surface area contributed by atoms with E-state index in [1.54, 1.807) is 13.4 Å². The van der Waals surface area contributed by atoms with Crippen molar-refractivity contribution in [1.82, 2.24) is 14.6 Å². The van der Waals surface area contributed by atoms with Gasteiger partial charge in [0.05, 0.1) is 39.6 Å². The molecule has 2 N–H and O–H groups in total. The van der Waals surface area contributed by atoms with Crippen LogP contribution in [-0.2, 0) is 0 Å². The van der Waals surface area contributed by atoms with Gasteiger partial charge in [-0.2, -0.15) is 9.61 Å². The van der Waals surface area contributed by atoms with Crippen molar-refractivity contribution in [3.05, 3.63) is 59.6 Å². The maximum absolute atomic E-state index is 10.8. The van der Waals surface area contributed by atoms with Crippen LogP contribution in [0.15, 0.2) is 53.4 Å². The van der Waals surface area contributed by atoms with Gasteiger partial charge in [-0.05, 0) is 36.4 Å². The number of nitrogens with zero attached hydrogens (tertiary/aromatic N) is 4. The molecular formula is C20H22N5O3S+. The molecule has 0 aliphatic carbocycles. The molecule has 0 unspecified atom stereocenters. The van der Waals surface area contributed by atoms with Gasteiger partial charge in [-0.25, -0.2) is 4.98 Å². The Morgan fingerprint density at radius 3 is 2.66 bits per heavy atom. The molecule has 0 bridgehead atoms. The lowest BCUT2D eigenvalue weighted by atomic mass is 10.1. The third kappa shape index (κ3) is 3.22. The number of nitrogens with one attached hydrogen (secondary N) is 1. The second-order valence-corrected chi connectivity index (χ2v) is 8.05. The first-order valence-corrected chi connectivity index (χ1v) is 10.3. The molecule has 1 aromatic carbocycles. The summed E-state index contributed by atoms with van der Waals surface area (Å²) in [4.78, 5) is 9.48. The number of furan rings is 1. The molecule has 0 radical (unpaired) electrons. The highest BCUT2D eigenvalue weighted by molar-refractivity contribution is 7.17. The number of piperazine rings is 1. The number of thiazole rings is 1. The lowest BCUT2D eigenvalue weighted by Gasteiger charge is -2.36. The highest BCUT2D eigenvalue weighted by Crippen LogP contribution is 2.34. The van der Waals surface area contributed by atoms with E-state index in [-0.39, 0.29) is 11.9 Å². The van der Waals surface area contributed by atoms with Crippen LogP contribution in [0, 0.1) is 0 Å². The van der Waals surface area contributed by atoms with E-state index in [1.807, 2.05) is 24.3 Å². The molecule has 1 aliphatic heterocycles. The molecule has 0 spiro atoms. The molecular weight excluding hydrogens is 390 g/mol. The molecule has 8 nitrogen and oxygen atoms in total. The maximum Gasteiger partial charge on any atom is 0.235 e. The molecule has 1 fully saturated rings. The van der Waals surface area contributed by atoms with Gasteiger partial charge < -0.3 is 24.1 Å². The summed E-state index contributed by atoms with van der Waals surface area (Å²) in [5.41, 5.74) is 1.20. The van der Waals surface area contributed by atoms with Gasteiger partial charge in [0.2, 0.25) is 10.8 Å². The van der Waals surface area contributed by atoms with Crippen LogP contribution in [0.3, 0.4) is 0 Å². The van der Waals surface area contributed by atoms with Crippen molar-refractivity contribution in [2.24, 2.45) is 0 Å². The Hall–Kier alpha value is -3.04. The van der Waals surface area contributed by atoms with Gasteiger partial charge in [0, 0.05) is 5.69 Å². The fraction of sp³-hybridized carbons (Fsp3) is 0.300. The van der Waals surface area contributed by atoms with Crippen molar-refractivity contribution in [3.63, 3.8) is 0 Å². The van der Waals surface area contributed by atoms with Crippen LogP contribution in [0.1, 0.15) is 16.7 Å². The van der Waals surface area contributed by atoms with E-state index in [0.29, 0.717) is 4.96 Å². The molecule has 4 heterocycles. The average Bonchev–Trinajstić information content (AvgIpc) is 3.50. The van der Waals surface area contributed by atoms with Gasteiger partial charge in [-0.3, -0.25) is 0 Å². The number of hydrogen-bond donors (Lipinski definition) is 2. The van der Waals surface area contributed by atoms with E-state index in [9.17, 15) is 5.11 Å². The molecule has 0 amide bonds. The minimum atomic E-state index is -0.0866. The summed E-state index contributed by atoms with van der Waals surface area (Å²) in [5, 5.41) is 14.9. The van der Waals surface area contributed by atoms with Crippen LogP contribution in [0.25, 0.3) is 4.96 Å². The lowest BCUT2D eigenvalue weighted by molar-refractivity contribution is -0.926. The molecule has 9 heteroatoms. The number of aromatic nitrogens is 3. The first-order valence-electron chi connectivity index (χ1n) is 9.53. The first kappa shape index (κ1) is 18.0. The predicted molar refractivity (Wildman–Crippen MR) is 109 cm³/mol. The van der Waals surface area contributed by atoms with Gasteiger partial charge >= 0.3 is 0 Å². The first-order chi connectivity index (χ1) is 14.2. The van der Waals surface area contributed by atoms with E-state index in [1.165, 1.54) is 32.8 Å². The normalized spacial score (nSPS) is 16.4. The summed E-state index contributed by atoms with van der Waals surface area (Å²) in [7, 11) is 1.68. The number of anilines is 1. The second-order valence-electron chi connectivity index (χ2n) is 7.04. The Balaban J connectivity index is 1.39. The van der Waals surface area contributed by atoms with Crippen LogP contribution in [0.2, 0.25) is 0 Å². The molecule has 1 aliphatic rings. The predicted octanol–water partition coefficient (Wildman–Crippen LogP) is 1.59. The summed E-state index contributed by atoms with van der Waals surface area (Å²) < 4.78 is 12.5. The Labute approximate surface area is 171 Å². The molecule has 1 saturated heterocycles. The van der Waals surface area contributed by atoms with Crippen molar-refractivity contribution in [3.8, 4) is 11.6 Å². The maximum atomic E-state index is 10.8. The number of rotatable bonds is 5. The fourth-order valence-electron chi connectivity index (χ4n) is 3.99. The second kappa shape index (κ2) is 7.41. The number of aromatic hydroxyl groups is 1. The molecule has 4 aromatic rings. The number of methoxy groups -OCH3 is 1. The molecule has 29 heavy (non-hydrogen) atoms. The third-order valence-corrected chi connectivity index (χ3v) is 6.58. The van der Waals surface area contributed by atoms with Gasteiger partial charge in [-0.15, -0.1) is 0 Å². The molecule has 1 atom stereocenters. The smallest absolute Gasteiger partial charge is 0.235 e. The number of benzene rings is 1. The van der Waals surface area contributed by atoms with Crippen molar-refractivity contribution in [1.29, 1.82) is 0 Å². The van der Waals surface area contributed by atoms with Crippen molar-refractivity contribution in [2.45, 2.75) is 6.04 Å². The summed E-state index contributed by atoms with van der Waals surface area (Å²) >= 11 is 1.46. The van der Waals surface area contributed by atoms with E-state index >= 15 is 0 Å². The van der Waals surface area contributed by atoms with Gasteiger partial charge in [0.1, 0.15) is 17.0 Å². The number of hydrogen-bond acceptors (Lipinski definition) is 7. The zero-order valence-electron chi connectivity index (χ0n) is 16.0. The summed E-state index contributed by atoms with van der Waals surface area (Å²) in [5.74, 6) is 1.86. The van der Waals surface area contributed by atoms with Crippen LogP contribution in [0.5, 0.6) is 11.6 Å². The Morgan fingerprint density at radius 2 is 2.00 bits per heavy atom. The summed E-state index contributed by atoms with van der Waals surface area (Å²) in [6.45, 7) is 3.68. The van der Waals surface area contributed by atoms with Crippen molar-refractivity contribution in [2.75, 3.05) is 38.2 Å². The van der Waals surface area contributed by atoms with Crippen molar-refractivity contribution >= 4 is 22.0 Å². The highest BCUT2D eigenvalue weighted by atomic mass is 32.1.